The van der Waals surface area contributed by atoms with Crippen molar-refractivity contribution in [2.45, 2.75) is 6.42 Å². The first-order chi connectivity index (χ1) is 12.1. The number of rotatable bonds is 4. The van der Waals surface area contributed by atoms with E-state index in [0.717, 1.165) is 17.8 Å². The molecule has 0 amide bonds. The van der Waals surface area contributed by atoms with Crippen LogP contribution in [0.5, 0.6) is 0 Å². The summed E-state index contributed by atoms with van der Waals surface area (Å²) >= 11 is 17.4. The Morgan fingerprint density at radius 3 is 2.28 bits per heavy atom. The zero-order chi connectivity index (χ0) is 17.6. The van der Waals surface area contributed by atoms with Crippen molar-refractivity contribution in [3.8, 4) is 0 Å². The van der Waals surface area contributed by atoms with Gasteiger partial charge in [-0.3, -0.25) is 0 Å². The van der Waals surface area contributed by atoms with Gasteiger partial charge in [0.15, 0.2) is 5.11 Å². The van der Waals surface area contributed by atoms with Gasteiger partial charge in [0.2, 0.25) is 0 Å². The molecular weight excluding hydrogens is 371 g/mol. The van der Waals surface area contributed by atoms with Crippen LogP contribution in [0, 0.1) is 0 Å². The van der Waals surface area contributed by atoms with Crippen molar-refractivity contribution < 1.29 is 0 Å². The molecule has 0 radical (unpaired) electrons. The molecule has 0 heterocycles. The molecule has 0 aliphatic rings. The van der Waals surface area contributed by atoms with E-state index in [9.17, 15) is 0 Å². The quantitative estimate of drug-likeness (QED) is 0.507. The fraction of sp³-hybridized carbons (Fsp3) is 0.0500. The maximum absolute atomic E-state index is 6.04. The molecular formula is C20H16Cl2N2S. The zero-order valence-corrected chi connectivity index (χ0v) is 15.6. The molecule has 126 valence electrons. The summed E-state index contributed by atoms with van der Waals surface area (Å²) in [7, 11) is 0. The highest BCUT2D eigenvalue weighted by Gasteiger charge is 2.06. The van der Waals surface area contributed by atoms with E-state index in [1.807, 2.05) is 42.5 Å². The molecule has 2 N–H and O–H groups in total. The molecule has 3 aromatic rings. The number of benzene rings is 3. The zero-order valence-electron chi connectivity index (χ0n) is 13.3. The fourth-order valence-electron chi connectivity index (χ4n) is 2.47. The summed E-state index contributed by atoms with van der Waals surface area (Å²) in [5.41, 5.74) is 4.18. The molecule has 0 saturated heterocycles. The number of hydrogen-bond donors (Lipinski definition) is 2. The molecule has 0 bridgehead atoms. The molecule has 0 atom stereocenters. The Bertz CT molecular complexity index is 882. The van der Waals surface area contributed by atoms with Gasteiger partial charge in [-0.1, -0.05) is 71.7 Å². The second-order valence-corrected chi connectivity index (χ2v) is 6.75. The third-order valence-corrected chi connectivity index (χ3v) is 4.62. The first kappa shape index (κ1) is 17.7. The topological polar surface area (TPSA) is 24.1 Å². The van der Waals surface area contributed by atoms with Gasteiger partial charge < -0.3 is 10.6 Å². The Hall–Kier alpha value is -2.07. The third kappa shape index (κ3) is 4.95. The standard InChI is InChI=1S/C20H16Cl2N2S/c21-17-11-10-16(13-18(17)22)23-20(25)24-19-9-5-4-8-15(19)12-14-6-2-1-3-7-14/h1-11,13H,12H2,(H2,23,24,25). The minimum Gasteiger partial charge on any atom is -0.332 e. The summed E-state index contributed by atoms with van der Waals surface area (Å²) in [6.07, 6.45) is 0.833. The Balaban J connectivity index is 1.72. The normalized spacial score (nSPS) is 10.3. The molecule has 0 aliphatic heterocycles. The highest BCUT2D eigenvalue weighted by atomic mass is 35.5. The molecule has 2 nitrogen and oxygen atoms in total. The van der Waals surface area contributed by atoms with Gasteiger partial charge in [-0.05, 0) is 54.0 Å². The van der Waals surface area contributed by atoms with Crippen molar-refractivity contribution in [3.63, 3.8) is 0 Å². The summed E-state index contributed by atoms with van der Waals surface area (Å²) < 4.78 is 0. The molecule has 0 aromatic heterocycles. The Morgan fingerprint density at radius 2 is 1.52 bits per heavy atom. The molecule has 0 unspecified atom stereocenters. The van der Waals surface area contributed by atoms with Crippen LogP contribution in [0.15, 0.2) is 72.8 Å². The van der Waals surface area contributed by atoms with Gasteiger partial charge in [0.05, 0.1) is 10.0 Å². The van der Waals surface area contributed by atoms with Gasteiger partial charge in [0, 0.05) is 11.4 Å². The van der Waals surface area contributed by atoms with Gasteiger partial charge in [0.1, 0.15) is 0 Å². The van der Waals surface area contributed by atoms with E-state index in [-0.39, 0.29) is 0 Å². The average Bonchev–Trinajstić information content (AvgIpc) is 2.61. The van der Waals surface area contributed by atoms with E-state index in [1.54, 1.807) is 12.1 Å². The predicted octanol–water partition coefficient (Wildman–Crippen LogP) is 6.39. The lowest BCUT2D eigenvalue weighted by atomic mass is 10.0. The number of para-hydroxylation sites is 1. The van der Waals surface area contributed by atoms with Crippen molar-refractivity contribution in [1.82, 2.24) is 0 Å². The Kier molecular flexibility index (Phi) is 5.92. The molecule has 0 spiro atoms. The lowest BCUT2D eigenvalue weighted by molar-refractivity contribution is 1.19. The molecule has 25 heavy (non-hydrogen) atoms. The second-order valence-electron chi connectivity index (χ2n) is 5.53. The smallest absolute Gasteiger partial charge is 0.175 e. The summed E-state index contributed by atoms with van der Waals surface area (Å²) in [5.74, 6) is 0. The molecule has 0 aliphatic carbocycles. The molecule has 0 fully saturated rings. The molecule has 3 rings (SSSR count). The largest absolute Gasteiger partial charge is 0.332 e. The molecule has 5 heteroatoms. The highest BCUT2D eigenvalue weighted by Crippen LogP contribution is 2.25. The van der Waals surface area contributed by atoms with Gasteiger partial charge in [0.25, 0.3) is 0 Å². The van der Waals surface area contributed by atoms with Crippen LogP contribution >= 0.6 is 35.4 Å². The monoisotopic (exact) mass is 386 g/mol. The van der Waals surface area contributed by atoms with Crippen LogP contribution in [0.25, 0.3) is 0 Å². The Labute approximate surface area is 162 Å². The second kappa shape index (κ2) is 8.34. The molecule has 0 saturated carbocycles. The molecule has 3 aromatic carbocycles. The number of hydrogen-bond acceptors (Lipinski definition) is 1. The first-order valence-electron chi connectivity index (χ1n) is 7.77. The lowest BCUT2D eigenvalue weighted by Crippen LogP contribution is -2.20. The summed E-state index contributed by atoms with van der Waals surface area (Å²) in [5, 5.41) is 7.88. The van der Waals surface area contributed by atoms with E-state index in [4.69, 9.17) is 35.4 Å². The fourth-order valence-corrected chi connectivity index (χ4v) is 3.00. The van der Waals surface area contributed by atoms with Gasteiger partial charge >= 0.3 is 0 Å². The van der Waals surface area contributed by atoms with Crippen LogP contribution in [0.2, 0.25) is 10.0 Å². The summed E-state index contributed by atoms with van der Waals surface area (Å²) in [6.45, 7) is 0. The highest BCUT2D eigenvalue weighted by molar-refractivity contribution is 7.80. The van der Waals surface area contributed by atoms with Crippen LogP contribution in [0.4, 0.5) is 11.4 Å². The van der Waals surface area contributed by atoms with Crippen molar-refractivity contribution in [3.05, 3.63) is 94.0 Å². The minimum absolute atomic E-state index is 0.485. The van der Waals surface area contributed by atoms with Crippen LogP contribution in [0.1, 0.15) is 11.1 Å². The SMILES string of the molecule is S=C(Nc1ccc(Cl)c(Cl)c1)Nc1ccccc1Cc1ccccc1. The number of thiocarbonyl (C=S) groups is 1. The van der Waals surface area contributed by atoms with Gasteiger partial charge in [-0.15, -0.1) is 0 Å². The van der Waals surface area contributed by atoms with E-state index in [2.05, 4.69) is 28.8 Å². The maximum atomic E-state index is 6.04. The summed E-state index contributed by atoms with van der Waals surface area (Å²) in [4.78, 5) is 0. The van der Waals surface area contributed by atoms with E-state index >= 15 is 0 Å². The van der Waals surface area contributed by atoms with Gasteiger partial charge in [-0.25, -0.2) is 0 Å². The lowest BCUT2D eigenvalue weighted by Gasteiger charge is -2.14. The minimum atomic E-state index is 0.485. The van der Waals surface area contributed by atoms with E-state index < -0.39 is 0 Å². The van der Waals surface area contributed by atoms with E-state index in [1.165, 1.54) is 11.1 Å². The average molecular weight is 387 g/mol. The van der Waals surface area contributed by atoms with Gasteiger partial charge in [-0.2, -0.15) is 0 Å². The van der Waals surface area contributed by atoms with E-state index in [0.29, 0.717) is 15.2 Å². The number of nitrogens with one attached hydrogen (secondary N) is 2. The third-order valence-electron chi connectivity index (χ3n) is 3.68. The van der Waals surface area contributed by atoms with Crippen molar-refractivity contribution in [2.24, 2.45) is 0 Å². The maximum Gasteiger partial charge on any atom is 0.175 e. The van der Waals surface area contributed by atoms with Crippen molar-refractivity contribution in [1.29, 1.82) is 0 Å². The van der Waals surface area contributed by atoms with Crippen LogP contribution in [-0.2, 0) is 6.42 Å². The Morgan fingerprint density at radius 1 is 0.800 bits per heavy atom. The predicted molar refractivity (Wildman–Crippen MR) is 112 cm³/mol. The number of halogens is 2. The van der Waals surface area contributed by atoms with Crippen LogP contribution < -0.4 is 10.6 Å². The van der Waals surface area contributed by atoms with Crippen molar-refractivity contribution >= 4 is 51.9 Å². The van der Waals surface area contributed by atoms with Crippen LogP contribution in [-0.4, -0.2) is 5.11 Å². The summed E-state index contributed by atoms with van der Waals surface area (Å²) in [6, 6.07) is 23.8. The van der Waals surface area contributed by atoms with Crippen LogP contribution in [0.3, 0.4) is 0 Å². The van der Waals surface area contributed by atoms with Crippen molar-refractivity contribution in [2.75, 3.05) is 10.6 Å². The first-order valence-corrected chi connectivity index (χ1v) is 8.93. The number of anilines is 2.